The van der Waals surface area contributed by atoms with E-state index in [1.54, 1.807) is 17.2 Å². The van der Waals surface area contributed by atoms with Crippen LogP contribution in [0.4, 0.5) is 0 Å². The molecule has 126 valence electrons. The fraction of sp³-hybridized carbons (Fsp3) is 0.529. The van der Waals surface area contributed by atoms with Crippen molar-refractivity contribution in [3.63, 3.8) is 0 Å². The Kier molecular flexibility index (Phi) is 7.03. The van der Waals surface area contributed by atoms with Crippen molar-refractivity contribution in [3.8, 4) is 0 Å². The fourth-order valence-electron chi connectivity index (χ4n) is 2.60. The smallest absolute Gasteiger partial charge is 0.357 e. The number of nitrogens with zero attached hydrogens (tertiary/aromatic N) is 1. The molecule has 1 aliphatic rings. The van der Waals surface area contributed by atoms with E-state index in [9.17, 15) is 9.59 Å². The van der Waals surface area contributed by atoms with Gasteiger partial charge in [0, 0.05) is 13.1 Å². The van der Waals surface area contributed by atoms with Crippen molar-refractivity contribution in [2.24, 2.45) is 5.92 Å². The normalized spacial score (nSPS) is 16.0. The molecule has 0 saturated carbocycles. The molecule has 6 nitrogen and oxygen atoms in total. The number of ether oxygens (including phenoxy) is 1. The van der Waals surface area contributed by atoms with Crippen molar-refractivity contribution in [2.45, 2.75) is 19.3 Å². The minimum Gasteiger partial charge on any atom is -0.468 e. The molecule has 0 unspecified atom stereocenters. The number of hydrogen-bond donors (Lipinski definition) is 1. The number of nitrogens with one attached hydrogen (secondary N) is 1. The Bertz CT molecular complexity index is 499. The monoisotopic (exact) mass is 320 g/mol. The topological polar surface area (TPSA) is 67.9 Å². The molecule has 1 aliphatic heterocycles. The summed E-state index contributed by atoms with van der Waals surface area (Å²) in [4.78, 5) is 28.4. The number of hydroxylamine groups is 2. The highest BCUT2D eigenvalue weighted by Gasteiger charge is 2.22. The summed E-state index contributed by atoms with van der Waals surface area (Å²) in [7, 11) is 1.39. The van der Waals surface area contributed by atoms with E-state index < -0.39 is 0 Å². The summed E-state index contributed by atoms with van der Waals surface area (Å²) in [6.07, 6.45) is 2.99. The molecule has 1 aromatic carbocycles. The first-order valence-corrected chi connectivity index (χ1v) is 7.99. The lowest BCUT2D eigenvalue weighted by atomic mass is 9.94. The van der Waals surface area contributed by atoms with Crippen molar-refractivity contribution < 1.29 is 19.2 Å². The van der Waals surface area contributed by atoms with Crippen LogP contribution >= 0.6 is 0 Å². The number of carbonyl (C=O) groups is 2. The Morgan fingerprint density at radius 1 is 1.22 bits per heavy atom. The number of benzene rings is 1. The number of piperidine rings is 1. The third-order valence-electron chi connectivity index (χ3n) is 4.02. The molecule has 0 aliphatic carbocycles. The molecule has 0 amide bonds. The first-order valence-electron chi connectivity index (χ1n) is 7.99. The van der Waals surface area contributed by atoms with Crippen LogP contribution in [-0.2, 0) is 14.4 Å². The molecule has 1 heterocycles. The molecule has 0 bridgehead atoms. The third-order valence-corrected chi connectivity index (χ3v) is 4.02. The summed E-state index contributed by atoms with van der Waals surface area (Å²) >= 11 is 0. The molecule has 0 atom stereocenters. The molecule has 6 heteroatoms. The van der Waals surface area contributed by atoms with Gasteiger partial charge < -0.3 is 14.9 Å². The molecular formula is C17H24N2O4. The van der Waals surface area contributed by atoms with Gasteiger partial charge in [0.15, 0.2) is 0 Å². The number of carbonyl (C=O) groups excluding carboxylic acids is 2. The molecule has 1 N–H and O–H groups in total. The zero-order valence-corrected chi connectivity index (χ0v) is 13.5. The van der Waals surface area contributed by atoms with Crippen molar-refractivity contribution in [1.82, 2.24) is 10.4 Å². The van der Waals surface area contributed by atoms with E-state index in [1.165, 1.54) is 7.11 Å². The zero-order chi connectivity index (χ0) is 16.5. The van der Waals surface area contributed by atoms with Crippen LogP contribution in [0.1, 0.15) is 29.6 Å². The van der Waals surface area contributed by atoms with E-state index in [0.29, 0.717) is 11.5 Å². The highest BCUT2D eigenvalue weighted by Crippen LogP contribution is 2.20. The Balaban J connectivity index is 1.62. The zero-order valence-electron chi connectivity index (χ0n) is 13.5. The summed E-state index contributed by atoms with van der Waals surface area (Å²) in [5.74, 6) is 0.0447. The molecule has 2 rings (SSSR count). The van der Waals surface area contributed by atoms with Crippen molar-refractivity contribution in [1.29, 1.82) is 0 Å². The van der Waals surface area contributed by atoms with Gasteiger partial charge in [0.2, 0.25) is 0 Å². The number of methoxy groups -OCH3 is 1. The van der Waals surface area contributed by atoms with E-state index in [0.717, 1.165) is 38.9 Å². The van der Waals surface area contributed by atoms with Crippen LogP contribution in [-0.4, -0.2) is 50.3 Å². The Labute approximate surface area is 136 Å². The van der Waals surface area contributed by atoms with Gasteiger partial charge in [-0.3, -0.25) is 4.79 Å². The minimum absolute atomic E-state index is 0.243. The summed E-state index contributed by atoms with van der Waals surface area (Å²) in [5.41, 5.74) is 0.571. The second-order valence-corrected chi connectivity index (χ2v) is 5.66. The maximum absolute atomic E-state index is 12.0. The highest BCUT2D eigenvalue weighted by atomic mass is 16.7. The van der Waals surface area contributed by atoms with E-state index in [-0.39, 0.29) is 18.5 Å². The Hall–Kier alpha value is -1.92. The fourth-order valence-corrected chi connectivity index (χ4v) is 2.60. The average molecular weight is 320 g/mol. The van der Waals surface area contributed by atoms with Gasteiger partial charge in [-0.1, -0.05) is 18.2 Å². The Morgan fingerprint density at radius 2 is 1.91 bits per heavy atom. The second-order valence-electron chi connectivity index (χ2n) is 5.66. The predicted octanol–water partition coefficient (Wildman–Crippen LogP) is 1.62. The van der Waals surface area contributed by atoms with Crippen molar-refractivity contribution in [3.05, 3.63) is 35.9 Å². The summed E-state index contributed by atoms with van der Waals surface area (Å²) < 4.78 is 4.57. The summed E-state index contributed by atoms with van der Waals surface area (Å²) in [5, 5.41) is 4.82. The molecule has 1 saturated heterocycles. The standard InChI is InChI=1S/C17H24N2O4/c1-22-16(20)13-18-10-7-14-8-11-19(12-9-14)23-17(21)15-5-3-2-4-6-15/h2-6,14,18H,7-13H2,1H3. The summed E-state index contributed by atoms with van der Waals surface area (Å²) in [6.45, 7) is 2.55. The van der Waals surface area contributed by atoms with Crippen LogP contribution < -0.4 is 5.32 Å². The number of rotatable bonds is 7. The van der Waals surface area contributed by atoms with E-state index in [1.807, 2.05) is 18.2 Å². The molecule has 0 aromatic heterocycles. The molecular weight excluding hydrogens is 296 g/mol. The first-order chi connectivity index (χ1) is 11.2. The second kappa shape index (κ2) is 9.27. The SMILES string of the molecule is COC(=O)CNCCC1CCN(OC(=O)c2ccccc2)CC1. The van der Waals surface area contributed by atoms with Gasteiger partial charge in [0.05, 0.1) is 19.2 Å². The average Bonchev–Trinajstić information content (AvgIpc) is 2.60. The Morgan fingerprint density at radius 3 is 2.57 bits per heavy atom. The van der Waals surface area contributed by atoms with Gasteiger partial charge in [0.25, 0.3) is 0 Å². The van der Waals surface area contributed by atoms with E-state index >= 15 is 0 Å². The van der Waals surface area contributed by atoms with Gasteiger partial charge in [-0.25, -0.2) is 4.79 Å². The number of esters is 1. The lowest BCUT2D eigenvalue weighted by molar-refractivity contribution is -0.139. The van der Waals surface area contributed by atoms with Crippen LogP contribution in [0.5, 0.6) is 0 Å². The minimum atomic E-state index is -0.302. The lowest BCUT2D eigenvalue weighted by Crippen LogP contribution is -2.36. The molecule has 0 spiro atoms. The lowest BCUT2D eigenvalue weighted by Gasteiger charge is -2.30. The number of hydrogen-bond acceptors (Lipinski definition) is 6. The maximum Gasteiger partial charge on any atom is 0.357 e. The molecule has 1 fully saturated rings. The van der Waals surface area contributed by atoms with Crippen molar-refractivity contribution in [2.75, 3.05) is 33.3 Å². The summed E-state index contributed by atoms with van der Waals surface area (Å²) in [6, 6.07) is 9.02. The molecule has 23 heavy (non-hydrogen) atoms. The van der Waals surface area contributed by atoms with E-state index in [2.05, 4.69) is 10.1 Å². The van der Waals surface area contributed by atoms with Crippen LogP contribution in [0.25, 0.3) is 0 Å². The van der Waals surface area contributed by atoms with Gasteiger partial charge in [0.1, 0.15) is 0 Å². The predicted molar refractivity (Wildman–Crippen MR) is 85.7 cm³/mol. The van der Waals surface area contributed by atoms with Crippen LogP contribution in [0.15, 0.2) is 30.3 Å². The van der Waals surface area contributed by atoms with Crippen LogP contribution in [0, 0.1) is 5.92 Å². The van der Waals surface area contributed by atoms with Crippen LogP contribution in [0.2, 0.25) is 0 Å². The largest absolute Gasteiger partial charge is 0.468 e. The maximum atomic E-state index is 12.0. The van der Waals surface area contributed by atoms with Crippen molar-refractivity contribution >= 4 is 11.9 Å². The van der Waals surface area contributed by atoms with Gasteiger partial charge in [-0.15, -0.1) is 5.06 Å². The molecule has 1 aromatic rings. The van der Waals surface area contributed by atoms with Crippen LogP contribution in [0.3, 0.4) is 0 Å². The van der Waals surface area contributed by atoms with Gasteiger partial charge in [-0.05, 0) is 43.9 Å². The van der Waals surface area contributed by atoms with Gasteiger partial charge in [-0.2, -0.15) is 0 Å². The third kappa shape index (κ3) is 6.00. The quantitative estimate of drug-likeness (QED) is 0.608. The highest BCUT2D eigenvalue weighted by molar-refractivity contribution is 5.89. The first kappa shape index (κ1) is 17.4. The van der Waals surface area contributed by atoms with Gasteiger partial charge >= 0.3 is 11.9 Å². The van der Waals surface area contributed by atoms with E-state index in [4.69, 9.17) is 4.84 Å². The molecule has 0 radical (unpaired) electrons.